The van der Waals surface area contributed by atoms with Gasteiger partial charge in [-0.2, -0.15) is 5.26 Å². The van der Waals surface area contributed by atoms with Crippen molar-refractivity contribution in [3.63, 3.8) is 0 Å². The molecule has 0 aliphatic heterocycles. The van der Waals surface area contributed by atoms with Crippen LogP contribution in [0.25, 0.3) is 0 Å². The van der Waals surface area contributed by atoms with Gasteiger partial charge in [0.25, 0.3) is 0 Å². The van der Waals surface area contributed by atoms with Crippen molar-refractivity contribution in [1.82, 2.24) is 0 Å². The molecule has 2 rings (SSSR count). The lowest BCUT2D eigenvalue weighted by Crippen LogP contribution is -1.98. The van der Waals surface area contributed by atoms with E-state index in [1.54, 1.807) is 25.3 Å². The maximum atomic E-state index is 8.90. The number of aryl methyl sites for hydroxylation is 1. The van der Waals surface area contributed by atoms with E-state index in [1.807, 2.05) is 31.2 Å². The molecule has 0 radical (unpaired) electrons. The molecule has 96 valence electrons. The third-order valence-corrected chi connectivity index (χ3v) is 2.81. The Balaban J connectivity index is 2.14. The molecule has 0 unspecified atom stereocenters. The summed E-state index contributed by atoms with van der Waals surface area (Å²) in [5.74, 6) is 1.22. The molecule has 3 nitrogen and oxygen atoms in total. The molecule has 0 aliphatic rings. The van der Waals surface area contributed by atoms with Gasteiger partial charge >= 0.3 is 0 Å². The molecule has 0 saturated carbocycles. The molecule has 0 heterocycles. The van der Waals surface area contributed by atoms with Crippen molar-refractivity contribution in [2.45, 2.75) is 13.5 Å². The van der Waals surface area contributed by atoms with Gasteiger partial charge in [-0.1, -0.05) is 29.8 Å². The third kappa shape index (κ3) is 3.26. The second-order valence-corrected chi connectivity index (χ2v) is 4.25. The standard InChI is InChI=1S/C16H15NO2/c1-12-3-5-13(6-4-12)11-19-16-9-14(10-17)7-8-15(16)18-2/h3-9H,11H2,1-2H3. The average molecular weight is 253 g/mol. The Morgan fingerprint density at radius 3 is 2.42 bits per heavy atom. The molecule has 0 N–H and O–H groups in total. The average Bonchev–Trinajstić information content (AvgIpc) is 2.46. The minimum Gasteiger partial charge on any atom is -0.493 e. The van der Waals surface area contributed by atoms with Crippen LogP contribution >= 0.6 is 0 Å². The summed E-state index contributed by atoms with van der Waals surface area (Å²) in [6.07, 6.45) is 0. The van der Waals surface area contributed by atoms with Crippen molar-refractivity contribution in [3.05, 3.63) is 59.2 Å². The number of nitriles is 1. The van der Waals surface area contributed by atoms with Crippen molar-refractivity contribution < 1.29 is 9.47 Å². The highest BCUT2D eigenvalue weighted by atomic mass is 16.5. The molecule has 0 atom stereocenters. The molecule has 19 heavy (non-hydrogen) atoms. The van der Waals surface area contributed by atoms with Crippen LogP contribution in [0.15, 0.2) is 42.5 Å². The predicted octanol–water partition coefficient (Wildman–Crippen LogP) is 3.45. The normalized spacial score (nSPS) is 9.74. The van der Waals surface area contributed by atoms with Crippen molar-refractivity contribution in [2.24, 2.45) is 0 Å². The third-order valence-electron chi connectivity index (χ3n) is 2.81. The van der Waals surface area contributed by atoms with E-state index < -0.39 is 0 Å². The number of rotatable bonds is 4. The summed E-state index contributed by atoms with van der Waals surface area (Å²) >= 11 is 0. The van der Waals surface area contributed by atoms with Crippen molar-refractivity contribution in [3.8, 4) is 17.6 Å². The van der Waals surface area contributed by atoms with Gasteiger partial charge in [0.05, 0.1) is 18.7 Å². The lowest BCUT2D eigenvalue weighted by Gasteiger charge is -2.11. The topological polar surface area (TPSA) is 42.2 Å². The Labute approximate surface area is 113 Å². The van der Waals surface area contributed by atoms with Gasteiger partial charge in [-0.05, 0) is 24.6 Å². The molecule has 0 aromatic heterocycles. The molecular weight excluding hydrogens is 238 g/mol. The fourth-order valence-corrected chi connectivity index (χ4v) is 1.70. The highest BCUT2D eigenvalue weighted by Gasteiger charge is 2.06. The van der Waals surface area contributed by atoms with Gasteiger partial charge in [0.1, 0.15) is 6.61 Å². The predicted molar refractivity (Wildman–Crippen MR) is 73.2 cm³/mol. The summed E-state index contributed by atoms with van der Waals surface area (Å²) < 4.78 is 10.9. The number of methoxy groups -OCH3 is 1. The largest absolute Gasteiger partial charge is 0.493 e. The van der Waals surface area contributed by atoms with Crippen LogP contribution < -0.4 is 9.47 Å². The van der Waals surface area contributed by atoms with Gasteiger partial charge in [-0.25, -0.2) is 0 Å². The highest BCUT2D eigenvalue weighted by Crippen LogP contribution is 2.28. The van der Waals surface area contributed by atoms with E-state index in [-0.39, 0.29) is 0 Å². The molecule has 0 saturated heterocycles. The maximum Gasteiger partial charge on any atom is 0.162 e. The quantitative estimate of drug-likeness (QED) is 0.838. The minimum atomic E-state index is 0.450. The number of hydrogen-bond acceptors (Lipinski definition) is 3. The fraction of sp³-hybridized carbons (Fsp3) is 0.188. The van der Waals surface area contributed by atoms with Crippen LogP contribution in [-0.2, 0) is 6.61 Å². The molecule has 0 spiro atoms. The van der Waals surface area contributed by atoms with Crippen LogP contribution in [0.1, 0.15) is 16.7 Å². The van der Waals surface area contributed by atoms with Crippen molar-refractivity contribution >= 4 is 0 Å². The highest BCUT2D eigenvalue weighted by molar-refractivity contribution is 5.46. The van der Waals surface area contributed by atoms with Gasteiger partial charge in [0.15, 0.2) is 11.5 Å². The lowest BCUT2D eigenvalue weighted by molar-refractivity contribution is 0.284. The van der Waals surface area contributed by atoms with E-state index in [1.165, 1.54) is 5.56 Å². The van der Waals surface area contributed by atoms with Crippen LogP contribution in [0.2, 0.25) is 0 Å². The van der Waals surface area contributed by atoms with E-state index in [9.17, 15) is 0 Å². The van der Waals surface area contributed by atoms with E-state index >= 15 is 0 Å². The zero-order valence-electron chi connectivity index (χ0n) is 11.0. The second-order valence-electron chi connectivity index (χ2n) is 4.25. The molecule has 3 heteroatoms. The number of benzene rings is 2. The molecule has 0 amide bonds. The first kappa shape index (κ1) is 13.0. The fourth-order valence-electron chi connectivity index (χ4n) is 1.70. The van der Waals surface area contributed by atoms with E-state index in [0.717, 1.165) is 5.56 Å². The monoisotopic (exact) mass is 253 g/mol. The molecule has 2 aromatic carbocycles. The molecule has 0 fully saturated rings. The minimum absolute atomic E-state index is 0.450. The van der Waals surface area contributed by atoms with Gasteiger partial charge in [-0.3, -0.25) is 0 Å². The summed E-state index contributed by atoms with van der Waals surface area (Å²) in [5, 5.41) is 8.90. The number of nitrogens with zero attached hydrogens (tertiary/aromatic N) is 1. The molecular formula is C16H15NO2. The summed E-state index contributed by atoms with van der Waals surface area (Å²) in [6.45, 7) is 2.50. The first-order valence-corrected chi connectivity index (χ1v) is 5.99. The Morgan fingerprint density at radius 2 is 1.79 bits per heavy atom. The Bertz CT molecular complexity index is 597. The number of ether oxygens (including phenoxy) is 2. The zero-order chi connectivity index (χ0) is 13.7. The van der Waals surface area contributed by atoms with Gasteiger partial charge in [-0.15, -0.1) is 0 Å². The summed E-state index contributed by atoms with van der Waals surface area (Å²) in [5.41, 5.74) is 2.85. The van der Waals surface area contributed by atoms with Gasteiger partial charge in [0.2, 0.25) is 0 Å². The van der Waals surface area contributed by atoms with E-state index in [2.05, 4.69) is 6.07 Å². The van der Waals surface area contributed by atoms with Crippen molar-refractivity contribution in [2.75, 3.05) is 7.11 Å². The van der Waals surface area contributed by atoms with Gasteiger partial charge < -0.3 is 9.47 Å². The van der Waals surface area contributed by atoms with Gasteiger partial charge in [0, 0.05) is 6.07 Å². The first-order valence-electron chi connectivity index (χ1n) is 5.99. The van der Waals surface area contributed by atoms with Crippen LogP contribution in [0.5, 0.6) is 11.5 Å². The Kier molecular flexibility index (Phi) is 4.04. The second kappa shape index (κ2) is 5.92. The lowest BCUT2D eigenvalue weighted by atomic mass is 10.2. The van der Waals surface area contributed by atoms with Crippen molar-refractivity contribution in [1.29, 1.82) is 5.26 Å². The maximum absolute atomic E-state index is 8.90. The summed E-state index contributed by atoms with van der Waals surface area (Å²) in [7, 11) is 1.58. The van der Waals surface area contributed by atoms with E-state index in [4.69, 9.17) is 14.7 Å². The van der Waals surface area contributed by atoms with E-state index in [0.29, 0.717) is 23.7 Å². The molecule has 0 bridgehead atoms. The Hall–Kier alpha value is -2.47. The van der Waals surface area contributed by atoms with Crippen LogP contribution in [0.4, 0.5) is 0 Å². The SMILES string of the molecule is COc1ccc(C#N)cc1OCc1ccc(C)cc1. The summed E-state index contributed by atoms with van der Waals surface area (Å²) in [6, 6.07) is 15.4. The van der Waals surface area contributed by atoms with Crippen LogP contribution in [0, 0.1) is 18.3 Å². The molecule has 0 aliphatic carbocycles. The Morgan fingerprint density at radius 1 is 1.05 bits per heavy atom. The smallest absolute Gasteiger partial charge is 0.162 e. The summed E-state index contributed by atoms with van der Waals surface area (Å²) in [4.78, 5) is 0. The zero-order valence-corrected chi connectivity index (χ0v) is 11.0. The van der Waals surface area contributed by atoms with Crippen LogP contribution in [0.3, 0.4) is 0 Å². The van der Waals surface area contributed by atoms with Crippen LogP contribution in [-0.4, -0.2) is 7.11 Å². The molecule has 2 aromatic rings. The number of hydrogen-bond donors (Lipinski definition) is 0. The first-order chi connectivity index (χ1) is 9.22.